The molecule has 1 fully saturated rings. The van der Waals surface area contributed by atoms with E-state index in [4.69, 9.17) is 4.74 Å². The molecule has 0 atom stereocenters. The number of nitrogens with zero attached hydrogens (tertiary/aromatic N) is 3. The third-order valence-corrected chi connectivity index (χ3v) is 5.02. The van der Waals surface area contributed by atoms with Crippen LogP contribution in [0.2, 0.25) is 0 Å². The van der Waals surface area contributed by atoms with E-state index in [1.165, 1.54) is 4.52 Å². The van der Waals surface area contributed by atoms with Crippen LogP contribution in [0.1, 0.15) is 12.8 Å². The Morgan fingerprint density at radius 1 is 1.20 bits per heavy atom. The summed E-state index contributed by atoms with van der Waals surface area (Å²) in [5.74, 6) is -0.0886. The highest BCUT2D eigenvalue weighted by Gasteiger charge is 2.30. The minimum Gasteiger partial charge on any atom is -0.438 e. The molecule has 1 saturated carbocycles. The lowest BCUT2D eigenvalue weighted by molar-refractivity contribution is -0.117. The summed E-state index contributed by atoms with van der Waals surface area (Å²) in [7, 11) is -3.42. The number of aromatic nitrogens is 3. The first-order valence-electron chi connectivity index (χ1n) is 9.18. The topological polar surface area (TPSA) is 132 Å². The first-order chi connectivity index (χ1) is 14.2. The lowest BCUT2D eigenvalue weighted by Crippen LogP contribution is -2.21. The smallest absolute Gasteiger partial charge is 0.239 e. The molecule has 4 rings (SSSR count). The van der Waals surface area contributed by atoms with Gasteiger partial charge in [-0.1, -0.05) is 6.07 Å². The number of benzene rings is 1. The summed E-state index contributed by atoms with van der Waals surface area (Å²) in [6, 6.07) is 9.84. The molecule has 30 heavy (non-hydrogen) atoms. The quantitative estimate of drug-likeness (QED) is 0.586. The van der Waals surface area contributed by atoms with Crippen molar-refractivity contribution in [2.24, 2.45) is 5.92 Å². The number of rotatable bonds is 7. The van der Waals surface area contributed by atoms with Crippen LogP contribution in [0.3, 0.4) is 0 Å². The Morgan fingerprint density at radius 2 is 2.00 bits per heavy atom. The third-order valence-electron chi connectivity index (χ3n) is 4.23. The predicted molar refractivity (Wildman–Crippen MR) is 109 cm³/mol. The fraction of sp³-hybridized carbons (Fsp3) is 0.263. The molecule has 2 heterocycles. The van der Waals surface area contributed by atoms with Crippen molar-refractivity contribution >= 4 is 38.8 Å². The number of hydrogen-bond acceptors (Lipinski definition) is 7. The Labute approximate surface area is 172 Å². The van der Waals surface area contributed by atoms with E-state index in [0.29, 0.717) is 22.9 Å². The van der Waals surface area contributed by atoms with Crippen LogP contribution in [-0.4, -0.2) is 46.8 Å². The van der Waals surface area contributed by atoms with Crippen molar-refractivity contribution < 1.29 is 22.7 Å². The van der Waals surface area contributed by atoms with Crippen molar-refractivity contribution in [3.8, 4) is 11.6 Å². The Hall–Kier alpha value is -3.47. The van der Waals surface area contributed by atoms with Gasteiger partial charge in [-0.25, -0.2) is 17.9 Å². The zero-order valence-electron chi connectivity index (χ0n) is 16.0. The maximum absolute atomic E-state index is 11.9. The standard InChI is InChI=1S/C19H19N5O5S/c1-30(27,28)11-17(25)20-13-3-2-4-14(9-13)29-18-8-7-16-21-15(10-24(16)23-18)22-19(26)12-5-6-12/h2-4,7-10,12H,5-6,11H2,1H3,(H,20,25)(H,22,26). The fourth-order valence-corrected chi connectivity index (χ4v) is 3.29. The number of carbonyl (C=O) groups excluding carboxylic acids is 2. The second kappa shape index (κ2) is 7.75. The number of fused-ring (bicyclic) bond motifs is 1. The van der Waals surface area contributed by atoms with E-state index in [2.05, 4.69) is 20.7 Å². The van der Waals surface area contributed by atoms with E-state index < -0.39 is 21.5 Å². The van der Waals surface area contributed by atoms with E-state index in [9.17, 15) is 18.0 Å². The summed E-state index contributed by atoms with van der Waals surface area (Å²) < 4.78 is 29.7. The Bertz CT molecular complexity index is 1230. The zero-order chi connectivity index (χ0) is 21.3. The lowest BCUT2D eigenvalue weighted by atomic mass is 10.3. The molecule has 1 aromatic carbocycles. The molecule has 3 aromatic rings. The summed E-state index contributed by atoms with van der Waals surface area (Å²) in [5.41, 5.74) is 0.949. The number of imidazole rings is 1. The molecule has 1 aliphatic carbocycles. The van der Waals surface area contributed by atoms with Gasteiger partial charge in [0.1, 0.15) is 11.5 Å². The number of sulfone groups is 1. The molecule has 0 spiro atoms. The maximum Gasteiger partial charge on any atom is 0.239 e. The van der Waals surface area contributed by atoms with Crippen LogP contribution in [0.15, 0.2) is 42.6 Å². The van der Waals surface area contributed by atoms with Gasteiger partial charge in [0.2, 0.25) is 17.7 Å². The second-order valence-electron chi connectivity index (χ2n) is 7.11. The van der Waals surface area contributed by atoms with Gasteiger partial charge in [-0.2, -0.15) is 0 Å². The molecule has 1 aliphatic rings. The molecule has 0 bridgehead atoms. The van der Waals surface area contributed by atoms with Crippen LogP contribution in [0.5, 0.6) is 11.6 Å². The summed E-state index contributed by atoms with van der Waals surface area (Å²) in [4.78, 5) is 28.0. The highest BCUT2D eigenvalue weighted by molar-refractivity contribution is 7.91. The van der Waals surface area contributed by atoms with Gasteiger partial charge in [-0.3, -0.25) is 9.59 Å². The number of carbonyl (C=O) groups is 2. The Kier molecular flexibility index (Phi) is 5.12. The van der Waals surface area contributed by atoms with Gasteiger partial charge in [-0.05, 0) is 31.0 Å². The molecule has 0 aliphatic heterocycles. The van der Waals surface area contributed by atoms with Crippen LogP contribution in [-0.2, 0) is 19.4 Å². The van der Waals surface area contributed by atoms with Gasteiger partial charge in [0.25, 0.3) is 0 Å². The Morgan fingerprint density at radius 3 is 2.73 bits per heavy atom. The molecular formula is C19H19N5O5S. The first kappa shape index (κ1) is 19.8. The molecule has 156 valence electrons. The average Bonchev–Trinajstić information content (AvgIpc) is 3.41. The first-order valence-corrected chi connectivity index (χ1v) is 11.2. The van der Waals surface area contributed by atoms with Gasteiger partial charge >= 0.3 is 0 Å². The zero-order valence-corrected chi connectivity index (χ0v) is 16.8. The van der Waals surface area contributed by atoms with Crippen molar-refractivity contribution in [1.82, 2.24) is 14.6 Å². The molecule has 11 heteroatoms. The second-order valence-corrected chi connectivity index (χ2v) is 9.25. The van der Waals surface area contributed by atoms with Crippen LogP contribution in [0.25, 0.3) is 5.65 Å². The number of nitrogens with one attached hydrogen (secondary N) is 2. The van der Waals surface area contributed by atoms with E-state index in [-0.39, 0.29) is 17.7 Å². The fourth-order valence-electron chi connectivity index (χ4n) is 2.75. The minimum atomic E-state index is -3.42. The van der Waals surface area contributed by atoms with Crippen molar-refractivity contribution in [2.75, 3.05) is 22.6 Å². The SMILES string of the molecule is CS(=O)(=O)CC(=O)Nc1cccc(Oc2ccc3nc(NC(=O)C4CC4)cn3n2)c1. The number of hydrogen-bond donors (Lipinski definition) is 2. The molecule has 2 aromatic heterocycles. The van der Waals surface area contributed by atoms with Crippen LogP contribution < -0.4 is 15.4 Å². The third kappa shape index (κ3) is 5.11. The summed E-state index contributed by atoms with van der Waals surface area (Å²) in [6.45, 7) is 0. The summed E-state index contributed by atoms with van der Waals surface area (Å²) >= 11 is 0. The molecule has 0 saturated heterocycles. The van der Waals surface area contributed by atoms with E-state index in [1.54, 1.807) is 42.6 Å². The van der Waals surface area contributed by atoms with Crippen LogP contribution >= 0.6 is 0 Å². The van der Waals surface area contributed by atoms with Gasteiger partial charge in [0, 0.05) is 30.0 Å². The van der Waals surface area contributed by atoms with Crippen molar-refractivity contribution in [3.05, 3.63) is 42.6 Å². The highest BCUT2D eigenvalue weighted by Crippen LogP contribution is 2.30. The summed E-state index contributed by atoms with van der Waals surface area (Å²) in [5, 5.41) is 9.60. The van der Waals surface area contributed by atoms with Crippen molar-refractivity contribution in [3.63, 3.8) is 0 Å². The van der Waals surface area contributed by atoms with E-state index in [1.807, 2.05) is 0 Å². The van der Waals surface area contributed by atoms with Crippen LogP contribution in [0.4, 0.5) is 11.5 Å². The molecule has 10 nitrogen and oxygen atoms in total. The minimum absolute atomic E-state index is 0.0374. The normalized spacial score (nSPS) is 13.8. The lowest BCUT2D eigenvalue weighted by Gasteiger charge is -2.08. The van der Waals surface area contributed by atoms with Gasteiger partial charge in [0.05, 0.1) is 6.20 Å². The molecule has 2 amide bonds. The number of anilines is 2. The largest absolute Gasteiger partial charge is 0.438 e. The van der Waals surface area contributed by atoms with Crippen LogP contribution in [0, 0.1) is 5.92 Å². The van der Waals surface area contributed by atoms with E-state index >= 15 is 0 Å². The van der Waals surface area contributed by atoms with Crippen molar-refractivity contribution in [2.45, 2.75) is 12.8 Å². The van der Waals surface area contributed by atoms with Crippen molar-refractivity contribution in [1.29, 1.82) is 0 Å². The van der Waals surface area contributed by atoms with Gasteiger partial charge in [-0.15, -0.1) is 5.10 Å². The average molecular weight is 429 g/mol. The molecule has 0 unspecified atom stereocenters. The van der Waals surface area contributed by atoms with E-state index in [0.717, 1.165) is 19.1 Å². The Balaban J connectivity index is 1.45. The monoisotopic (exact) mass is 429 g/mol. The molecule has 0 radical (unpaired) electrons. The number of ether oxygens (including phenoxy) is 1. The maximum atomic E-state index is 11.9. The number of amides is 2. The predicted octanol–water partition coefficient (Wildman–Crippen LogP) is 1.85. The van der Waals surface area contributed by atoms with Gasteiger partial charge < -0.3 is 15.4 Å². The summed E-state index contributed by atoms with van der Waals surface area (Å²) in [6.07, 6.45) is 4.41. The van der Waals surface area contributed by atoms with Gasteiger partial charge in [0.15, 0.2) is 21.3 Å². The highest BCUT2D eigenvalue weighted by atomic mass is 32.2. The molecular weight excluding hydrogens is 410 g/mol. The molecule has 2 N–H and O–H groups in total.